The van der Waals surface area contributed by atoms with E-state index >= 15 is 0 Å². The zero-order valence-electron chi connectivity index (χ0n) is 10.7. The largest absolute Gasteiger partial charge is 0.327 e. The Morgan fingerprint density at radius 1 is 1.50 bits per heavy atom. The normalized spacial score (nSPS) is 22.7. The van der Waals surface area contributed by atoms with Gasteiger partial charge in [0.25, 0.3) is 0 Å². The minimum atomic E-state index is -0.555. The van der Waals surface area contributed by atoms with E-state index in [1.165, 1.54) is 0 Å². The Kier molecular flexibility index (Phi) is 3.10. The number of amides is 1. The fourth-order valence-corrected chi connectivity index (χ4v) is 2.23. The zero-order chi connectivity index (χ0) is 13.3. The molecule has 2 N–H and O–H groups in total. The van der Waals surface area contributed by atoms with Crippen molar-refractivity contribution in [3.8, 4) is 6.07 Å². The number of hydrogen-bond donors (Lipinski definition) is 1. The molecule has 1 unspecified atom stereocenters. The van der Waals surface area contributed by atoms with Crippen molar-refractivity contribution in [3.63, 3.8) is 0 Å². The van der Waals surface area contributed by atoms with Gasteiger partial charge in [0.05, 0.1) is 17.0 Å². The lowest BCUT2D eigenvalue weighted by molar-refractivity contribution is -0.129. The molecule has 0 aliphatic carbocycles. The molecule has 1 aliphatic heterocycles. The molecule has 1 aromatic carbocycles. The van der Waals surface area contributed by atoms with Crippen LogP contribution in [0.1, 0.15) is 25.8 Å². The molecule has 1 aliphatic rings. The van der Waals surface area contributed by atoms with Crippen molar-refractivity contribution >= 4 is 11.6 Å². The first-order chi connectivity index (χ1) is 8.46. The van der Waals surface area contributed by atoms with Crippen molar-refractivity contribution in [2.24, 2.45) is 11.1 Å². The van der Waals surface area contributed by atoms with Crippen molar-refractivity contribution in [1.29, 1.82) is 5.26 Å². The molecule has 0 bridgehead atoms. The zero-order valence-corrected chi connectivity index (χ0v) is 10.7. The van der Waals surface area contributed by atoms with Crippen LogP contribution in [0.3, 0.4) is 0 Å². The van der Waals surface area contributed by atoms with Crippen LogP contribution in [0, 0.1) is 16.7 Å². The third kappa shape index (κ3) is 1.98. The van der Waals surface area contributed by atoms with Crippen LogP contribution < -0.4 is 10.6 Å². The minimum Gasteiger partial charge on any atom is -0.327 e. The van der Waals surface area contributed by atoms with Crippen molar-refractivity contribution in [2.75, 3.05) is 11.4 Å². The van der Waals surface area contributed by atoms with Gasteiger partial charge in [-0.25, -0.2) is 0 Å². The molecule has 0 spiro atoms. The Morgan fingerprint density at radius 3 is 2.89 bits per heavy atom. The highest BCUT2D eigenvalue weighted by Crippen LogP contribution is 2.32. The second-order valence-electron chi connectivity index (χ2n) is 5.24. The molecular weight excluding hydrogens is 226 g/mol. The van der Waals surface area contributed by atoms with Crippen molar-refractivity contribution in [2.45, 2.75) is 26.3 Å². The van der Waals surface area contributed by atoms with Gasteiger partial charge < -0.3 is 10.6 Å². The Labute approximate surface area is 107 Å². The first-order valence-corrected chi connectivity index (χ1v) is 6.04. The molecule has 1 fully saturated rings. The first kappa shape index (κ1) is 12.6. The van der Waals surface area contributed by atoms with Crippen molar-refractivity contribution in [1.82, 2.24) is 0 Å². The maximum atomic E-state index is 12.4. The number of carbonyl (C=O) groups excluding carboxylic acids is 1. The Bertz CT molecular complexity index is 516. The molecule has 1 amide bonds. The summed E-state index contributed by atoms with van der Waals surface area (Å²) in [4.78, 5) is 14.1. The smallest absolute Gasteiger partial charge is 0.234 e. The van der Waals surface area contributed by atoms with Crippen LogP contribution in [0.15, 0.2) is 24.3 Å². The average Bonchev–Trinajstić information content (AvgIpc) is 2.37. The molecule has 1 atom stereocenters. The van der Waals surface area contributed by atoms with Gasteiger partial charge in [-0.1, -0.05) is 6.07 Å². The summed E-state index contributed by atoms with van der Waals surface area (Å²) < 4.78 is 0. The Balaban J connectivity index is 2.34. The van der Waals surface area contributed by atoms with Crippen molar-refractivity contribution < 1.29 is 4.79 Å². The van der Waals surface area contributed by atoms with Gasteiger partial charge in [0.15, 0.2) is 0 Å². The molecule has 0 radical (unpaired) electrons. The lowest BCUT2D eigenvalue weighted by atomic mass is 9.78. The van der Waals surface area contributed by atoms with Crippen LogP contribution in [0.25, 0.3) is 0 Å². The van der Waals surface area contributed by atoms with E-state index in [0.29, 0.717) is 12.1 Å². The van der Waals surface area contributed by atoms with Crippen LogP contribution in [0.5, 0.6) is 0 Å². The lowest BCUT2D eigenvalue weighted by Crippen LogP contribution is -2.56. The molecule has 2 rings (SSSR count). The van der Waals surface area contributed by atoms with Crippen LogP contribution in [0.4, 0.5) is 5.69 Å². The van der Waals surface area contributed by atoms with Gasteiger partial charge in [0.1, 0.15) is 0 Å². The van der Waals surface area contributed by atoms with E-state index in [-0.39, 0.29) is 11.9 Å². The van der Waals surface area contributed by atoms with Crippen LogP contribution >= 0.6 is 0 Å². The predicted octanol–water partition coefficient (Wildman–Crippen LogP) is 1.65. The number of hydrogen-bond acceptors (Lipinski definition) is 3. The lowest BCUT2D eigenvalue weighted by Gasteiger charge is -2.41. The number of anilines is 1. The summed E-state index contributed by atoms with van der Waals surface area (Å²) in [5.41, 5.74) is 6.78. The molecule has 0 saturated carbocycles. The predicted molar refractivity (Wildman–Crippen MR) is 69.9 cm³/mol. The molecule has 1 saturated heterocycles. The van der Waals surface area contributed by atoms with E-state index in [2.05, 4.69) is 6.07 Å². The number of nitriles is 1. The molecule has 1 heterocycles. The van der Waals surface area contributed by atoms with E-state index in [9.17, 15) is 4.79 Å². The quantitative estimate of drug-likeness (QED) is 0.815. The second-order valence-corrected chi connectivity index (χ2v) is 5.24. The van der Waals surface area contributed by atoms with Gasteiger partial charge in [0.2, 0.25) is 5.91 Å². The molecule has 18 heavy (non-hydrogen) atoms. The van der Waals surface area contributed by atoms with Gasteiger partial charge in [0, 0.05) is 18.3 Å². The van der Waals surface area contributed by atoms with Gasteiger partial charge in [-0.05, 0) is 38.5 Å². The highest BCUT2D eigenvalue weighted by atomic mass is 16.2. The molecule has 4 heteroatoms. The van der Waals surface area contributed by atoms with Crippen LogP contribution in [-0.2, 0) is 4.79 Å². The maximum Gasteiger partial charge on any atom is 0.234 e. The summed E-state index contributed by atoms with van der Waals surface area (Å²) in [5.74, 6) is 0.0244. The van der Waals surface area contributed by atoms with Gasteiger partial charge in [-0.3, -0.25) is 4.79 Å². The number of carbonyl (C=O) groups is 1. The Hall–Kier alpha value is -1.86. The SMILES string of the molecule is CC1(C)C(=O)N(c2cccc(C#N)c2)CCC1N. The van der Waals surface area contributed by atoms with E-state index in [4.69, 9.17) is 11.0 Å². The van der Waals surface area contributed by atoms with Gasteiger partial charge in [-0.2, -0.15) is 5.26 Å². The number of nitrogens with two attached hydrogens (primary N) is 1. The molecule has 0 aromatic heterocycles. The monoisotopic (exact) mass is 243 g/mol. The first-order valence-electron chi connectivity index (χ1n) is 6.04. The Morgan fingerprint density at radius 2 is 2.22 bits per heavy atom. The summed E-state index contributed by atoms with van der Waals surface area (Å²) in [6.45, 7) is 4.36. The van der Waals surface area contributed by atoms with Crippen molar-refractivity contribution in [3.05, 3.63) is 29.8 Å². The number of piperidine rings is 1. The molecular formula is C14H17N3O. The summed E-state index contributed by atoms with van der Waals surface area (Å²) in [6, 6.07) is 9.10. The summed E-state index contributed by atoms with van der Waals surface area (Å²) >= 11 is 0. The topological polar surface area (TPSA) is 70.1 Å². The molecule has 1 aromatic rings. The fraction of sp³-hybridized carbons (Fsp3) is 0.429. The standard InChI is InChI=1S/C14H17N3O/c1-14(2)12(16)6-7-17(13(14)18)11-5-3-4-10(8-11)9-15/h3-5,8,12H,6-7,16H2,1-2H3. The van der Waals surface area contributed by atoms with Crippen LogP contribution in [-0.4, -0.2) is 18.5 Å². The third-order valence-electron chi connectivity index (χ3n) is 3.67. The van der Waals surface area contributed by atoms with E-state index in [1.807, 2.05) is 19.9 Å². The number of nitrogens with zero attached hydrogens (tertiary/aromatic N) is 2. The maximum absolute atomic E-state index is 12.4. The van der Waals surface area contributed by atoms with Crippen LogP contribution in [0.2, 0.25) is 0 Å². The van der Waals surface area contributed by atoms with E-state index in [1.54, 1.807) is 23.1 Å². The van der Waals surface area contributed by atoms with E-state index in [0.717, 1.165) is 12.1 Å². The van der Waals surface area contributed by atoms with Gasteiger partial charge in [-0.15, -0.1) is 0 Å². The minimum absolute atomic E-state index is 0.0244. The highest BCUT2D eigenvalue weighted by Gasteiger charge is 2.42. The molecule has 94 valence electrons. The third-order valence-corrected chi connectivity index (χ3v) is 3.67. The summed E-state index contributed by atoms with van der Waals surface area (Å²) in [5, 5.41) is 8.90. The molecule has 4 nitrogen and oxygen atoms in total. The average molecular weight is 243 g/mol. The van der Waals surface area contributed by atoms with Gasteiger partial charge >= 0.3 is 0 Å². The second kappa shape index (κ2) is 4.43. The summed E-state index contributed by atoms with van der Waals surface area (Å²) in [6.07, 6.45) is 0.773. The number of rotatable bonds is 1. The highest BCUT2D eigenvalue weighted by molar-refractivity contribution is 5.98. The fourth-order valence-electron chi connectivity index (χ4n) is 2.23. The number of benzene rings is 1. The summed E-state index contributed by atoms with van der Waals surface area (Å²) in [7, 11) is 0. The van der Waals surface area contributed by atoms with E-state index < -0.39 is 5.41 Å².